The third-order valence-electron chi connectivity index (χ3n) is 8.03. The molecule has 2 aromatic carbocycles. The summed E-state index contributed by atoms with van der Waals surface area (Å²) < 4.78 is 55.1. The highest BCUT2D eigenvalue weighted by Crippen LogP contribution is 2.40. The van der Waals surface area contributed by atoms with Crippen LogP contribution in [-0.4, -0.2) is 19.8 Å². The van der Waals surface area contributed by atoms with Gasteiger partial charge in [0.2, 0.25) is 0 Å². The number of methoxy groups -OCH3 is 1. The Labute approximate surface area is 201 Å². The molecular formula is C29H37F3O2. The Balaban J connectivity index is 1.30. The summed E-state index contributed by atoms with van der Waals surface area (Å²) in [5.74, 6) is -0.192. The smallest absolute Gasteiger partial charge is 0.162 e. The summed E-state index contributed by atoms with van der Waals surface area (Å²) >= 11 is 0. The zero-order chi connectivity index (χ0) is 24.1. The molecule has 0 amide bonds. The Bertz CT molecular complexity index is 945. The zero-order valence-corrected chi connectivity index (χ0v) is 20.4. The number of halogens is 3. The van der Waals surface area contributed by atoms with Crippen molar-refractivity contribution in [2.24, 2.45) is 5.92 Å². The van der Waals surface area contributed by atoms with Gasteiger partial charge in [-0.3, -0.25) is 0 Å². The lowest BCUT2D eigenvalue weighted by atomic mass is 9.76. The van der Waals surface area contributed by atoms with Gasteiger partial charge in [0, 0.05) is 13.2 Å². The SMILES string of the molecule is CCOc1ccc(C2CCC(CCc3ccc(C4CCC(OC)CC4)c(F)c3F)CC2)c(F)c1. The molecular weight excluding hydrogens is 437 g/mol. The van der Waals surface area contributed by atoms with E-state index in [0.29, 0.717) is 35.8 Å². The van der Waals surface area contributed by atoms with Gasteiger partial charge in [-0.15, -0.1) is 0 Å². The van der Waals surface area contributed by atoms with Crippen molar-refractivity contribution in [3.63, 3.8) is 0 Å². The second-order valence-electron chi connectivity index (χ2n) is 10.0. The van der Waals surface area contributed by atoms with Gasteiger partial charge in [-0.1, -0.05) is 18.2 Å². The molecule has 0 spiro atoms. The summed E-state index contributed by atoms with van der Waals surface area (Å²) in [5, 5.41) is 0. The predicted octanol–water partition coefficient (Wildman–Crippen LogP) is 8.08. The number of ether oxygens (including phenoxy) is 2. The molecule has 2 nitrogen and oxygen atoms in total. The van der Waals surface area contributed by atoms with Crippen LogP contribution in [0.1, 0.15) is 93.2 Å². The number of aryl methyl sites for hydroxylation is 1. The minimum atomic E-state index is -0.670. The van der Waals surface area contributed by atoms with Gasteiger partial charge in [0.05, 0.1) is 12.7 Å². The van der Waals surface area contributed by atoms with E-state index in [4.69, 9.17) is 9.47 Å². The van der Waals surface area contributed by atoms with Crippen LogP contribution in [0.2, 0.25) is 0 Å². The van der Waals surface area contributed by atoms with Gasteiger partial charge in [0.1, 0.15) is 11.6 Å². The minimum absolute atomic E-state index is 0.0771. The average molecular weight is 475 g/mol. The number of hydrogen-bond acceptors (Lipinski definition) is 2. The molecule has 0 N–H and O–H groups in total. The van der Waals surface area contributed by atoms with E-state index in [2.05, 4.69) is 0 Å². The monoisotopic (exact) mass is 474 g/mol. The molecule has 2 aromatic rings. The summed E-state index contributed by atoms with van der Waals surface area (Å²) in [6.07, 6.45) is 8.93. The zero-order valence-electron chi connectivity index (χ0n) is 20.4. The van der Waals surface area contributed by atoms with E-state index in [1.165, 1.54) is 6.07 Å². The quantitative estimate of drug-likeness (QED) is 0.385. The van der Waals surface area contributed by atoms with Crippen LogP contribution in [0.25, 0.3) is 0 Å². The molecule has 34 heavy (non-hydrogen) atoms. The van der Waals surface area contributed by atoms with Crippen LogP contribution >= 0.6 is 0 Å². The van der Waals surface area contributed by atoms with Crippen LogP contribution in [0, 0.1) is 23.4 Å². The fourth-order valence-electron chi connectivity index (χ4n) is 5.94. The summed E-state index contributed by atoms with van der Waals surface area (Å²) in [4.78, 5) is 0. The molecule has 186 valence electrons. The minimum Gasteiger partial charge on any atom is -0.494 e. The van der Waals surface area contributed by atoms with E-state index < -0.39 is 11.6 Å². The fourth-order valence-corrected chi connectivity index (χ4v) is 5.94. The molecule has 0 aromatic heterocycles. The van der Waals surface area contributed by atoms with Crippen LogP contribution in [-0.2, 0) is 11.2 Å². The maximum absolute atomic E-state index is 14.9. The first kappa shape index (κ1) is 25.1. The Kier molecular flexibility index (Phi) is 8.57. The average Bonchev–Trinajstić information content (AvgIpc) is 2.86. The van der Waals surface area contributed by atoms with E-state index in [-0.39, 0.29) is 23.8 Å². The lowest BCUT2D eigenvalue weighted by Gasteiger charge is -2.29. The molecule has 0 atom stereocenters. The highest BCUT2D eigenvalue weighted by Gasteiger charge is 2.27. The number of benzene rings is 2. The van der Waals surface area contributed by atoms with Crippen molar-refractivity contribution in [3.05, 3.63) is 64.5 Å². The van der Waals surface area contributed by atoms with Gasteiger partial charge in [-0.2, -0.15) is 0 Å². The molecule has 0 bridgehead atoms. The van der Waals surface area contributed by atoms with Crippen LogP contribution in [0.15, 0.2) is 30.3 Å². The summed E-state index contributed by atoms with van der Waals surface area (Å²) in [5.41, 5.74) is 1.77. The molecule has 2 aliphatic carbocycles. The van der Waals surface area contributed by atoms with E-state index in [9.17, 15) is 13.2 Å². The normalized spacial score (nSPS) is 25.3. The molecule has 5 heteroatoms. The van der Waals surface area contributed by atoms with Crippen molar-refractivity contribution in [2.75, 3.05) is 13.7 Å². The van der Waals surface area contributed by atoms with Gasteiger partial charge in [-0.25, -0.2) is 13.2 Å². The van der Waals surface area contributed by atoms with Crippen molar-refractivity contribution in [1.29, 1.82) is 0 Å². The Morgan fingerprint density at radius 3 is 2.09 bits per heavy atom. The van der Waals surface area contributed by atoms with Crippen molar-refractivity contribution in [2.45, 2.75) is 89.1 Å². The second-order valence-corrected chi connectivity index (χ2v) is 10.0. The molecule has 2 fully saturated rings. The number of rotatable bonds is 8. The van der Waals surface area contributed by atoms with Gasteiger partial charge in [0.15, 0.2) is 11.6 Å². The molecule has 4 rings (SSSR count). The maximum Gasteiger partial charge on any atom is 0.162 e. The molecule has 0 radical (unpaired) electrons. The Hall–Kier alpha value is -2.01. The molecule has 2 aliphatic rings. The highest BCUT2D eigenvalue weighted by molar-refractivity contribution is 5.32. The van der Waals surface area contributed by atoms with Gasteiger partial charge in [0.25, 0.3) is 0 Å². The Morgan fingerprint density at radius 2 is 1.44 bits per heavy atom. The third kappa shape index (κ3) is 5.79. The third-order valence-corrected chi connectivity index (χ3v) is 8.03. The van der Waals surface area contributed by atoms with Gasteiger partial charge >= 0.3 is 0 Å². The van der Waals surface area contributed by atoms with E-state index in [0.717, 1.165) is 63.4 Å². The second kappa shape index (κ2) is 11.6. The first-order valence-corrected chi connectivity index (χ1v) is 12.9. The van der Waals surface area contributed by atoms with Crippen LogP contribution in [0.3, 0.4) is 0 Å². The Morgan fingerprint density at radius 1 is 0.794 bits per heavy atom. The lowest BCUT2D eigenvalue weighted by molar-refractivity contribution is 0.0655. The van der Waals surface area contributed by atoms with E-state index in [1.54, 1.807) is 19.2 Å². The van der Waals surface area contributed by atoms with Crippen molar-refractivity contribution >= 4 is 0 Å². The van der Waals surface area contributed by atoms with Crippen molar-refractivity contribution in [3.8, 4) is 5.75 Å². The lowest BCUT2D eigenvalue weighted by Crippen LogP contribution is -2.20. The molecule has 0 heterocycles. The summed E-state index contributed by atoms with van der Waals surface area (Å²) in [6, 6.07) is 8.77. The van der Waals surface area contributed by atoms with Crippen LogP contribution in [0.5, 0.6) is 5.75 Å². The predicted molar refractivity (Wildman–Crippen MR) is 129 cm³/mol. The maximum atomic E-state index is 14.9. The van der Waals surface area contributed by atoms with Gasteiger partial charge in [-0.05, 0) is 112 Å². The van der Waals surface area contributed by atoms with Gasteiger partial charge < -0.3 is 9.47 Å². The largest absolute Gasteiger partial charge is 0.494 e. The van der Waals surface area contributed by atoms with E-state index >= 15 is 0 Å². The van der Waals surface area contributed by atoms with Crippen LogP contribution < -0.4 is 4.74 Å². The molecule has 0 unspecified atom stereocenters. The first-order valence-electron chi connectivity index (χ1n) is 12.9. The van der Waals surface area contributed by atoms with Crippen molar-refractivity contribution < 1.29 is 22.6 Å². The fraction of sp³-hybridized carbons (Fsp3) is 0.586. The van der Waals surface area contributed by atoms with E-state index in [1.807, 2.05) is 19.1 Å². The molecule has 0 aliphatic heterocycles. The topological polar surface area (TPSA) is 18.5 Å². The molecule has 0 saturated heterocycles. The van der Waals surface area contributed by atoms with Crippen LogP contribution in [0.4, 0.5) is 13.2 Å². The standard InChI is InChI=1S/C29H37F3O2/c1-3-34-24-15-17-25(27(30)18-24)20-7-4-19(5-8-20)6-9-22-12-16-26(29(32)28(22)31)21-10-13-23(33-2)14-11-21/h12,15-21,23H,3-11,13-14H2,1-2H3. The van der Waals surface area contributed by atoms with Crippen molar-refractivity contribution in [1.82, 2.24) is 0 Å². The summed E-state index contributed by atoms with van der Waals surface area (Å²) in [7, 11) is 1.71. The highest BCUT2D eigenvalue weighted by atomic mass is 19.2. The molecule has 2 saturated carbocycles. The number of hydrogen-bond donors (Lipinski definition) is 0. The summed E-state index contributed by atoms with van der Waals surface area (Å²) in [6.45, 7) is 2.41. The first-order chi connectivity index (χ1) is 16.5.